The average Bonchev–Trinajstić information content (AvgIpc) is 2.39. The lowest BCUT2D eigenvalue weighted by Gasteiger charge is -2.09. The molecule has 0 spiro atoms. The summed E-state index contributed by atoms with van der Waals surface area (Å²) >= 11 is 5.60. The molecule has 1 amide bonds. The van der Waals surface area contributed by atoms with Gasteiger partial charge in [0.25, 0.3) is 0 Å². The van der Waals surface area contributed by atoms with Crippen LogP contribution >= 0.6 is 11.6 Å². The Labute approximate surface area is 112 Å². The number of alkyl halides is 1. The number of aromatic amines is 2. The highest BCUT2D eigenvalue weighted by Gasteiger charge is 2.11. The molecular formula is C12H12ClN3O3. The standard InChI is InChI=1S/C12H12ClN3O3/c1-6(5-13)10(17)14-7-2-3-8-9(4-7)16-12(19)11(18)15-8/h2-4,6H,5H2,1H3,(H,14,17)(H,15,18)(H,16,19). The van der Waals surface area contributed by atoms with Crippen LogP contribution in [0.2, 0.25) is 0 Å². The summed E-state index contributed by atoms with van der Waals surface area (Å²) in [5.41, 5.74) is 0.0243. The Morgan fingerprint density at radius 2 is 1.89 bits per heavy atom. The molecule has 0 radical (unpaired) electrons. The molecule has 1 atom stereocenters. The Morgan fingerprint density at radius 1 is 1.26 bits per heavy atom. The van der Waals surface area contributed by atoms with Gasteiger partial charge in [0.05, 0.1) is 11.0 Å². The number of halogens is 1. The molecule has 0 aliphatic carbocycles. The van der Waals surface area contributed by atoms with E-state index < -0.39 is 11.1 Å². The molecule has 0 saturated carbocycles. The highest BCUT2D eigenvalue weighted by Crippen LogP contribution is 2.15. The summed E-state index contributed by atoms with van der Waals surface area (Å²) in [4.78, 5) is 38.9. The van der Waals surface area contributed by atoms with Crippen LogP contribution in [0.25, 0.3) is 11.0 Å². The molecule has 6 nitrogen and oxygen atoms in total. The topological polar surface area (TPSA) is 94.8 Å². The zero-order valence-corrected chi connectivity index (χ0v) is 10.9. The third-order valence-corrected chi connectivity index (χ3v) is 3.13. The van der Waals surface area contributed by atoms with E-state index in [1.807, 2.05) is 0 Å². The van der Waals surface area contributed by atoms with E-state index in [2.05, 4.69) is 15.3 Å². The lowest BCUT2D eigenvalue weighted by Crippen LogP contribution is -2.29. The van der Waals surface area contributed by atoms with Crippen molar-refractivity contribution in [2.45, 2.75) is 6.92 Å². The van der Waals surface area contributed by atoms with Crippen LogP contribution in [0.15, 0.2) is 27.8 Å². The molecule has 0 saturated heterocycles. The van der Waals surface area contributed by atoms with E-state index in [4.69, 9.17) is 11.6 Å². The number of anilines is 1. The van der Waals surface area contributed by atoms with Gasteiger partial charge in [0.2, 0.25) is 5.91 Å². The van der Waals surface area contributed by atoms with Crippen LogP contribution in [-0.4, -0.2) is 21.8 Å². The van der Waals surface area contributed by atoms with Gasteiger partial charge in [-0.25, -0.2) is 0 Å². The summed E-state index contributed by atoms with van der Waals surface area (Å²) in [5, 5.41) is 2.68. The minimum Gasteiger partial charge on any atom is -0.326 e. The lowest BCUT2D eigenvalue weighted by molar-refractivity contribution is -0.118. The Hall–Kier alpha value is -2.08. The molecule has 0 aliphatic rings. The van der Waals surface area contributed by atoms with Crippen molar-refractivity contribution < 1.29 is 4.79 Å². The predicted octanol–water partition coefficient (Wildman–Crippen LogP) is 1.03. The molecule has 1 aromatic heterocycles. The quantitative estimate of drug-likeness (QED) is 0.579. The number of H-pyrrole nitrogens is 2. The van der Waals surface area contributed by atoms with Crippen LogP contribution < -0.4 is 16.4 Å². The maximum atomic E-state index is 11.7. The van der Waals surface area contributed by atoms with Crippen molar-refractivity contribution in [1.82, 2.24) is 9.97 Å². The number of nitrogens with one attached hydrogen (secondary N) is 3. The van der Waals surface area contributed by atoms with E-state index in [-0.39, 0.29) is 17.7 Å². The van der Waals surface area contributed by atoms with Crippen molar-refractivity contribution in [3.63, 3.8) is 0 Å². The fourth-order valence-electron chi connectivity index (χ4n) is 1.53. The number of fused-ring (bicyclic) bond motifs is 1. The number of hydrogen-bond acceptors (Lipinski definition) is 3. The van der Waals surface area contributed by atoms with Gasteiger partial charge in [-0.15, -0.1) is 11.6 Å². The Morgan fingerprint density at radius 3 is 2.53 bits per heavy atom. The highest BCUT2D eigenvalue weighted by molar-refractivity contribution is 6.19. The second-order valence-electron chi connectivity index (χ2n) is 4.21. The van der Waals surface area contributed by atoms with Crippen molar-refractivity contribution in [2.24, 2.45) is 5.92 Å². The molecule has 19 heavy (non-hydrogen) atoms. The number of carbonyl (C=O) groups excluding carboxylic acids is 1. The van der Waals surface area contributed by atoms with E-state index in [0.29, 0.717) is 16.7 Å². The SMILES string of the molecule is CC(CCl)C(=O)Nc1ccc2[nH]c(=O)c(=O)[nH]c2c1. The van der Waals surface area contributed by atoms with Gasteiger partial charge in [0.15, 0.2) is 0 Å². The van der Waals surface area contributed by atoms with Crippen molar-refractivity contribution in [2.75, 3.05) is 11.2 Å². The van der Waals surface area contributed by atoms with Gasteiger partial charge in [0, 0.05) is 17.5 Å². The third kappa shape index (κ3) is 2.85. The molecule has 0 bridgehead atoms. The van der Waals surface area contributed by atoms with Crippen LogP contribution in [0.4, 0.5) is 5.69 Å². The Balaban J connectivity index is 2.37. The second-order valence-corrected chi connectivity index (χ2v) is 4.52. The van der Waals surface area contributed by atoms with Crippen LogP contribution in [-0.2, 0) is 4.79 Å². The summed E-state index contributed by atoms with van der Waals surface area (Å²) < 4.78 is 0. The summed E-state index contributed by atoms with van der Waals surface area (Å²) in [7, 11) is 0. The molecule has 0 fully saturated rings. The van der Waals surface area contributed by atoms with E-state index in [1.165, 1.54) is 0 Å². The molecule has 7 heteroatoms. The van der Waals surface area contributed by atoms with Crippen molar-refractivity contribution in [3.05, 3.63) is 38.9 Å². The van der Waals surface area contributed by atoms with Gasteiger partial charge < -0.3 is 15.3 Å². The van der Waals surface area contributed by atoms with Gasteiger partial charge in [-0.1, -0.05) is 6.92 Å². The second kappa shape index (κ2) is 5.27. The number of rotatable bonds is 3. The van der Waals surface area contributed by atoms with Gasteiger partial charge >= 0.3 is 11.1 Å². The summed E-state index contributed by atoms with van der Waals surface area (Å²) in [6, 6.07) is 4.81. The summed E-state index contributed by atoms with van der Waals surface area (Å²) in [6.45, 7) is 1.71. The third-order valence-electron chi connectivity index (χ3n) is 2.67. The maximum Gasteiger partial charge on any atom is 0.314 e. The van der Waals surface area contributed by atoms with Crippen LogP contribution in [0.5, 0.6) is 0 Å². The fraction of sp³-hybridized carbons (Fsp3) is 0.250. The molecule has 100 valence electrons. The van der Waals surface area contributed by atoms with Crippen LogP contribution in [0.1, 0.15) is 6.92 Å². The van der Waals surface area contributed by atoms with Crippen molar-refractivity contribution >= 4 is 34.2 Å². The Kier molecular flexibility index (Phi) is 3.71. The van der Waals surface area contributed by atoms with Gasteiger partial charge in [-0.05, 0) is 18.2 Å². The van der Waals surface area contributed by atoms with Gasteiger partial charge in [0.1, 0.15) is 0 Å². The van der Waals surface area contributed by atoms with Crippen LogP contribution in [0.3, 0.4) is 0 Å². The van der Waals surface area contributed by atoms with Gasteiger partial charge in [-0.3, -0.25) is 14.4 Å². The first-order chi connectivity index (χ1) is 9.01. The molecule has 1 heterocycles. The molecule has 1 unspecified atom stereocenters. The highest BCUT2D eigenvalue weighted by atomic mass is 35.5. The van der Waals surface area contributed by atoms with Crippen LogP contribution in [0, 0.1) is 5.92 Å². The molecule has 0 aliphatic heterocycles. The minimum atomic E-state index is -0.731. The molecule has 1 aromatic carbocycles. The number of hydrogen-bond donors (Lipinski definition) is 3. The lowest BCUT2D eigenvalue weighted by atomic mass is 10.2. The number of amides is 1. The number of benzene rings is 1. The van der Waals surface area contributed by atoms with Crippen molar-refractivity contribution in [3.8, 4) is 0 Å². The fourth-order valence-corrected chi connectivity index (χ4v) is 1.67. The van der Waals surface area contributed by atoms with E-state index in [0.717, 1.165) is 0 Å². The smallest absolute Gasteiger partial charge is 0.314 e. The molecule has 2 aromatic rings. The first-order valence-corrected chi connectivity index (χ1v) is 6.18. The number of aromatic nitrogens is 2. The zero-order valence-electron chi connectivity index (χ0n) is 10.1. The minimum absolute atomic E-state index is 0.207. The summed E-state index contributed by atoms with van der Waals surface area (Å²) in [5.74, 6) is -0.295. The Bertz CT molecular complexity index is 735. The largest absolute Gasteiger partial charge is 0.326 e. The maximum absolute atomic E-state index is 11.7. The predicted molar refractivity (Wildman–Crippen MR) is 73.7 cm³/mol. The number of carbonyl (C=O) groups is 1. The molecular weight excluding hydrogens is 270 g/mol. The molecule has 3 N–H and O–H groups in total. The normalized spacial score (nSPS) is 12.3. The summed E-state index contributed by atoms with van der Waals surface area (Å²) in [6.07, 6.45) is 0. The van der Waals surface area contributed by atoms with E-state index >= 15 is 0 Å². The molecule has 2 rings (SSSR count). The van der Waals surface area contributed by atoms with E-state index in [9.17, 15) is 14.4 Å². The monoisotopic (exact) mass is 281 g/mol. The first kappa shape index (κ1) is 13.4. The van der Waals surface area contributed by atoms with E-state index in [1.54, 1.807) is 25.1 Å². The first-order valence-electron chi connectivity index (χ1n) is 5.64. The van der Waals surface area contributed by atoms with Gasteiger partial charge in [-0.2, -0.15) is 0 Å². The van der Waals surface area contributed by atoms with Crippen molar-refractivity contribution in [1.29, 1.82) is 0 Å². The zero-order chi connectivity index (χ0) is 14.0. The average molecular weight is 282 g/mol.